The molecule has 1 fully saturated rings. The molecule has 1 amide bonds. The molecule has 0 bridgehead atoms. The lowest BCUT2D eigenvalue weighted by Crippen LogP contribution is -2.49. The molecule has 4 heteroatoms. The van der Waals surface area contributed by atoms with E-state index in [-0.39, 0.29) is 11.7 Å². The number of nitrogens with zero attached hydrogens (tertiary/aromatic N) is 2. The smallest absolute Gasteiger partial charge is 0.223 e. The Morgan fingerprint density at radius 3 is 2.20 bits per heavy atom. The second-order valence-electron chi connectivity index (χ2n) is 7.45. The number of ketones is 1. The van der Waals surface area contributed by atoms with Gasteiger partial charge in [-0.3, -0.25) is 14.5 Å². The maximum Gasteiger partial charge on any atom is 0.223 e. The average Bonchev–Trinajstić information content (AvgIpc) is 2.60. The van der Waals surface area contributed by atoms with E-state index in [4.69, 9.17) is 0 Å². The molecule has 138 valence electrons. The van der Waals surface area contributed by atoms with Crippen LogP contribution in [0.5, 0.6) is 0 Å². The van der Waals surface area contributed by atoms with E-state index in [1.165, 1.54) is 5.56 Å². The first-order valence-electron chi connectivity index (χ1n) is 9.62. The van der Waals surface area contributed by atoms with Gasteiger partial charge in [0.25, 0.3) is 0 Å². The van der Waals surface area contributed by atoms with Gasteiger partial charge in [-0.2, -0.15) is 0 Å². The number of Topliss-reactive ketones (excluding diaryl/α,β-unsaturated/α-hetero) is 1. The van der Waals surface area contributed by atoms with Crippen LogP contribution in [0.3, 0.4) is 0 Å². The van der Waals surface area contributed by atoms with Gasteiger partial charge in [0.1, 0.15) is 0 Å². The van der Waals surface area contributed by atoms with Crippen molar-refractivity contribution in [1.29, 1.82) is 0 Å². The lowest BCUT2D eigenvalue weighted by Gasteiger charge is -2.35. The minimum absolute atomic E-state index is 0.0647. The molecule has 0 radical (unpaired) electrons. The number of carbonyl (C=O) groups is 2. The van der Waals surface area contributed by atoms with Crippen LogP contribution in [0.2, 0.25) is 0 Å². The molecule has 2 rings (SSSR count). The fraction of sp³-hybridized carbons (Fsp3) is 0.619. The van der Waals surface area contributed by atoms with E-state index in [0.29, 0.717) is 18.8 Å². The first-order valence-corrected chi connectivity index (χ1v) is 9.62. The molecule has 1 aromatic rings. The van der Waals surface area contributed by atoms with E-state index in [1.54, 1.807) is 0 Å². The van der Waals surface area contributed by atoms with Crippen molar-refractivity contribution >= 4 is 11.7 Å². The van der Waals surface area contributed by atoms with Crippen LogP contribution in [0, 0.1) is 5.92 Å². The summed E-state index contributed by atoms with van der Waals surface area (Å²) in [4.78, 5) is 29.0. The third-order valence-electron chi connectivity index (χ3n) is 4.73. The van der Waals surface area contributed by atoms with E-state index in [1.807, 2.05) is 29.2 Å². The Bertz CT molecular complexity index is 558. The zero-order valence-electron chi connectivity index (χ0n) is 16.0. The third kappa shape index (κ3) is 6.28. The van der Waals surface area contributed by atoms with Crippen LogP contribution in [0.15, 0.2) is 24.3 Å². The number of carbonyl (C=O) groups excluding carboxylic acids is 2. The number of piperazine rings is 1. The largest absolute Gasteiger partial charge is 0.340 e. The summed E-state index contributed by atoms with van der Waals surface area (Å²) in [5.74, 6) is 0.832. The molecule has 1 aliphatic rings. The number of amides is 1. The van der Waals surface area contributed by atoms with Crippen molar-refractivity contribution < 1.29 is 9.59 Å². The molecule has 0 atom stereocenters. The number of aryl methyl sites for hydroxylation is 1. The summed E-state index contributed by atoms with van der Waals surface area (Å²) in [6.07, 6.45) is 2.76. The molecule has 25 heavy (non-hydrogen) atoms. The van der Waals surface area contributed by atoms with Gasteiger partial charge >= 0.3 is 0 Å². The Morgan fingerprint density at radius 2 is 1.64 bits per heavy atom. The van der Waals surface area contributed by atoms with E-state index in [2.05, 4.69) is 25.7 Å². The topological polar surface area (TPSA) is 40.6 Å². The zero-order chi connectivity index (χ0) is 18.2. The molecule has 0 N–H and O–H groups in total. The summed E-state index contributed by atoms with van der Waals surface area (Å²) in [7, 11) is 0. The average molecular weight is 344 g/mol. The fourth-order valence-electron chi connectivity index (χ4n) is 3.37. The van der Waals surface area contributed by atoms with E-state index in [9.17, 15) is 9.59 Å². The highest BCUT2D eigenvalue weighted by atomic mass is 16.2. The summed E-state index contributed by atoms with van der Waals surface area (Å²) in [5.41, 5.74) is 1.98. The predicted octanol–water partition coefficient (Wildman–Crippen LogP) is 3.40. The van der Waals surface area contributed by atoms with Crippen molar-refractivity contribution in [3.63, 3.8) is 0 Å². The van der Waals surface area contributed by atoms with Crippen molar-refractivity contribution in [3.05, 3.63) is 35.4 Å². The zero-order valence-corrected chi connectivity index (χ0v) is 16.0. The molecule has 0 aliphatic carbocycles. The SMILES string of the molecule is CCCc1ccc(C(=O)CCC(=O)N2CCN(CC(C)C)CC2)cc1. The van der Waals surface area contributed by atoms with Gasteiger partial charge in [0.15, 0.2) is 5.78 Å². The van der Waals surface area contributed by atoms with Crippen LogP contribution in [-0.2, 0) is 11.2 Å². The van der Waals surface area contributed by atoms with Gasteiger partial charge in [0, 0.05) is 51.1 Å². The molecule has 1 heterocycles. The molecule has 1 saturated heterocycles. The Balaban J connectivity index is 1.75. The first kappa shape index (κ1) is 19.6. The second-order valence-corrected chi connectivity index (χ2v) is 7.45. The highest BCUT2D eigenvalue weighted by Crippen LogP contribution is 2.12. The quantitative estimate of drug-likeness (QED) is 0.679. The minimum Gasteiger partial charge on any atom is -0.340 e. The summed E-state index contributed by atoms with van der Waals surface area (Å²) < 4.78 is 0. The summed E-state index contributed by atoms with van der Waals surface area (Å²) >= 11 is 0. The lowest BCUT2D eigenvalue weighted by molar-refractivity contribution is -0.132. The Labute approximate surface area is 152 Å². The van der Waals surface area contributed by atoms with Gasteiger partial charge in [-0.15, -0.1) is 0 Å². The number of hydrogen-bond donors (Lipinski definition) is 0. The lowest BCUT2D eigenvalue weighted by atomic mass is 10.0. The van der Waals surface area contributed by atoms with Crippen LogP contribution in [-0.4, -0.2) is 54.2 Å². The van der Waals surface area contributed by atoms with Gasteiger partial charge in [-0.1, -0.05) is 51.5 Å². The van der Waals surface area contributed by atoms with Crippen LogP contribution in [0.1, 0.15) is 56.0 Å². The summed E-state index contributed by atoms with van der Waals surface area (Å²) in [5, 5.41) is 0. The van der Waals surface area contributed by atoms with E-state index >= 15 is 0 Å². The van der Waals surface area contributed by atoms with Crippen LogP contribution >= 0.6 is 0 Å². The molecule has 0 aromatic heterocycles. The molecule has 0 unspecified atom stereocenters. The van der Waals surface area contributed by atoms with Crippen molar-refractivity contribution in [2.75, 3.05) is 32.7 Å². The molecule has 1 aliphatic heterocycles. The second kappa shape index (κ2) is 9.71. The van der Waals surface area contributed by atoms with Crippen LogP contribution < -0.4 is 0 Å². The van der Waals surface area contributed by atoms with Crippen molar-refractivity contribution in [1.82, 2.24) is 9.80 Å². The molecule has 0 saturated carbocycles. The van der Waals surface area contributed by atoms with Gasteiger partial charge in [0.2, 0.25) is 5.91 Å². The van der Waals surface area contributed by atoms with Crippen LogP contribution in [0.25, 0.3) is 0 Å². The maximum absolute atomic E-state index is 12.4. The van der Waals surface area contributed by atoms with Crippen molar-refractivity contribution in [2.45, 2.75) is 46.5 Å². The Kier molecular flexibility index (Phi) is 7.63. The van der Waals surface area contributed by atoms with Crippen LogP contribution in [0.4, 0.5) is 0 Å². The maximum atomic E-state index is 12.4. The number of benzene rings is 1. The summed E-state index contributed by atoms with van der Waals surface area (Å²) in [6, 6.07) is 7.82. The van der Waals surface area contributed by atoms with E-state index in [0.717, 1.165) is 51.1 Å². The monoisotopic (exact) mass is 344 g/mol. The van der Waals surface area contributed by atoms with Crippen molar-refractivity contribution in [3.8, 4) is 0 Å². The normalized spacial score (nSPS) is 15.6. The predicted molar refractivity (Wildman–Crippen MR) is 102 cm³/mol. The molecular formula is C21H32N2O2. The molecular weight excluding hydrogens is 312 g/mol. The van der Waals surface area contributed by atoms with Crippen molar-refractivity contribution in [2.24, 2.45) is 5.92 Å². The van der Waals surface area contributed by atoms with E-state index < -0.39 is 0 Å². The Morgan fingerprint density at radius 1 is 1.00 bits per heavy atom. The molecule has 4 nitrogen and oxygen atoms in total. The highest BCUT2D eigenvalue weighted by Gasteiger charge is 2.21. The first-order chi connectivity index (χ1) is 12.0. The van der Waals surface area contributed by atoms with Gasteiger partial charge in [0.05, 0.1) is 0 Å². The third-order valence-corrected chi connectivity index (χ3v) is 4.73. The highest BCUT2D eigenvalue weighted by molar-refractivity contribution is 5.98. The fourth-order valence-corrected chi connectivity index (χ4v) is 3.37. The van der Waals surface area contributed by atoms with Gasteiger partial charge < -0.3 is 4.90 Å². The minimum atomic E-state index is 0.0647. The summed E-state index contributed by atoms with van der Waals surface area (Å²) in [6.45, 7) is 11.1. The number of hydrogen-bond acceptors (Lipinski definition) is 3. The molecule has 0 spiro atoms. The Hall–Kier alpha value is -1.68. The molecule has 1 aromatic carbocycles. The standard InChI is InChI=1S/C21H32N2O2/c1-4-5-18-6-8-19(9-7-18)20(24)10-11-21(25)23-14-12-22(13-15-23)16-17(2)3/h6-9,17H,4-5,10-16H2,1-3H3. The number of rotatable bonds is 8. The van der Waals surface area contributed by atoms with Gasteiger partial charge in [-0.05, 0) is 17.9 Å². The van der Waals surface area contributed by atoms with Gasteiger partial charge in [-0.25, -0.2) is 0 Å².